The zero-order valence-electron chi connectivity index (χ0n) is 17.9. The molecule has 6 rings (SSSR count). The minimum absolute atomic E-state index is 0.678. The van der Waals surface area contributed by atoms with Crippen molar-refractivity contribution in [1.29, 1.82) is 5.26 Å². The minimum atomic E-state index is 0.678. The topological polar surface area (TPSA) is 28.7 Å². The van der Waals surface area contributed by atoms with Crippen molar-refractivity contribution in [3.8, 4) is 34.0 Å². The molecule has 0 aliphatic rings. The Bertz CT molecular complexity index is 1670. The van der Waals surface area contributed by atoms with Crippen molar-refractivity contribution in [2.45, 2.75) is 0 Å². The SMILES string of the molecule is N#Cc1ccccc1-c1ccccc1-n1c2ccccc2c2cc(-c3ccccc3)ccc21. The molecule has 0 fully saturated rings. The van der Waals surface area contributed by atoms with Gasteiger partial charge in [0.25, 0.3) is 0 Å². The fraction of sp³-hybridized carbons (Fsp3) is 0. The monoisotopic (exact) mass is 420 g/mol. The summed E-state index contributed by atoms with van der Waals surface area (Å²) < 4.78 is 2.32. The molecule has 0 saturated heterocycles. The quantitative estimate of drug-likeness (QED) is 0.285. The van der Waals surface area contributed by atoms with Gasteiger partial charge in [0.05, 0.1) is 28.4 Å². The molecule has 0 aliphatic carbocycles. The summed E-state index contributed by atoms with van der Waals surface area (Å²) in [4.78, 5) is 0. The van der Waals surface area contributed by atoms with Crippen molar-refractivity contribution in [2.24, 2.45) is 0 Å². The Kier molecular flexibility index (Phi) is 4.53. The largest absolute Gasteiger partial charge is 0.309 e. The predicted octanol–water partition coefficient (Wildman–Crippen LogP) is 7.99. The molecule has 0 radical (unpaired) electrons. The van der Waals surface area contributed by atoms with Gasteiger partial charge in [-0.15, -0.1) is 0 Å². The molecule has 0 spiro atoms. The van der Waals surface area contributed by atoms with Crippen LogP contribution in [-0.2, 0) is 0 Å². The highest BCUT2D eigenvalue weighted by Crippen LogP contribution is 2.38. The Hall–Kier alpha value is -4.61. The van der Waals surface area contributed by atoms with Crippen molar-refractivity contribution < 1.29 is 0 Å². The van der Waals surface area contributed by atoms with Crippen molar-refractivity contribution in [3.63, 3.8) is 0 Å². The summed E-state index contributed by atoms with van der Waals surface area (Å²) in [5.74, 6) is 0. The summed E-state index contributed by atoms with van der Waals surface area (Å²) in [6.07, 6.45) is 0. The Morgan fingerprint density at radius 1 is 0.515 bits per heavy atom. The highest BCUT2D eigenvalue weighted by molar-refractivity contribution is 6.11. The van der Waals surface area contributed by atoms with Gasteiger partial charge in [-0.25, -0.2) is 0 Å². The van der Waals surface area contributed by atoms with E-state index in [2.05, 4.69) is 95.6 Å². The van der Waals surface area contributed by atoms with Crippen molar-refractivity contribution in [1.82, 2.24) is 4.57 Å². The molecule has 0 atom stereocenters. The van der Waals surface area contributed by atoms with Crippen LogP contribution in [0, 0.1) is 11.3 Å². The summed E-state index contributed by atoms with van der Waals surface area (Å²) in [7, 11) is 0. The average Bonchev–Trinajstić information content (AvgIpc) is 3.23. The zero-order chi connectivity index (χ0) is 22.2. The van der Waals surface area contributed by atoms with Crippen LogP contribution in [0.4, 0.5) is 0 Å². The molecule has 0 N–H and O–H groups in total. The third kappa shape index (κ3) is 3.11. The van der Waals surface area contributed by atoms with E-state index in [-0.39, 0.29) is 0 Å². The minimum Gasteiger partial charge on any atom is -0.309 e. The summed E-state index contributed by atoms with van der Waals surface area (Å²) in [6.45, 7) is 0. The normalized spacial score (nSPS) is 11.0. The van der Waals surface area contributed by atoms with Crippen LogP contribution in [0.25, 0.3) is 49.7 Å². The molecule has 1 heterocycles. The fourth-order valence-electron chi connectivity index (χ4n) is 4.75. The molecular weight excluding hydrogens is 400 g/mol. The highest BCUT2D eigenvalue weighted by atomic mass is 15.0. The first-order valence-corrected chi connectivity index (χ1v) is 11.0. The molecule has 2 heteroatoms. The number of aromatic nitrogens is 1. The predicted molar refractivity (Wildman–Crippen MR) is 136 cm³/mol. The van der Waals surface area contributed by atoms with Gasteiger partial charge in [0.15, 0.2) is 0 Å². The number of rotatable bonds is 3. The molecular formula is C31H20N2. The van der Waals surface area contributed by atoms with Gasteiger partial charge in [-0.05, 0) is 41.5 Å². The van der Waals surface area contributed by atoms with Crippen LogP contribution in [0.5, 0.6) is 0 Å². The summed E-state index contributed by atoms with van der Waals surface area (Å²) >= 11 is 0. The van der Waals surface area contributed by atoms with E-state index >= 15 is 0 Å². The van der Waals surface area contributed by atoms with E-state index in [4.69, 9.17) is 0 Å². The fourth-order valence-corrected chi connectivity index (χ4v) is 4.75. The number of hydrogen-bond acceptors (Lipinski definition) is 1. The number of nitrogens with zero attached hydrogens (tertiary/aromatic N) is 2. The number of nitriles is 1. The van der Waals surface area contributed by atoms with Crippen molar-refractivity contribution in [3.05, 3.63) is 127 Å². The first-order chi connectivity index (χ1) is 16.3. The first-order valence-electron chi connectivity index (χ1n) is 11.0. The Balaban J connectivity index is 1.67. The Labute approximate surface area is 192 Å². The van der Waals surface area contributed by atoms with E-state index < -0.39 is 0 Å². The van der Waals surface area contributed by atoms with Gasteiger partial charge in [-0.3, -0.25) is 0 Å². The van der Waals surface area contributed by atoms with Crippen LogP contribution in [0.3, 0.4) is 0 Å². The first kappa shape index (κ1) is 19.1. The van der Waals surface area contributed by atoms with Gasteiger partial charge in [-0.1, -0.05) is 91.0 Å². The van der Waals surface area contributed by atoms with Crippen molar-refractivity contribution in [2.75, 3.05) is 0 Å². The standard InChI is InChI=1S/C31H20N2/c32-21-24-12-4-5-13-25(24)26-14-6-8-16-29(26)33-30-17-9-7-15-27(30)28-20-23(18-19-31(28)33)22-10-2-1-3-11-22/h1-20H. The highest BCUT2D eigenvalue weighted by Gasteiger charge is 2.17. The second kappa shape index (κ2) is 7.82. The van der Waals surface area contributed by atoms with E-state index in [0.717, 1.165) is 27.8 Å². The molecule has 0 bridgehead atoms. The van der Waals surface area contributed by atoms with Crippen LogP contribution in [-0.4, -0.2) is 4.57 Å². The van der Waals surface area contributed by atoms with Crippen LogP contribution in [0.1, 0.15) is 5.56 Å². The van der Waals surface area contributed by atoms with Crippen LogP contribution in [0.15, 0.2) is 121 Å². The van der Waals surface area contributed by atoms with E-state index in [1.807, 2.05) is 36.4 Å². The number of benzene rings is 5. The molecule has 33 heavy (non-hydrogen) atoms. The third-order valence-corrected chi connectivity index (χ3v) is 6.26. The molecule has 0 aliphatic heterocycles. The lowest BCUT2D eigenvalue weighted by Gasteiger charge is -2.15. The molecule has 2 nitrogen and oxygen atoms in total. The van der Waals surface area contributed by atoms with E-state index in [1.54, 1.807) is 0 Å². The molecule has 5 aromatic carbocycles. The molecule has 6 aromatic rings. The Morgan fingerprint density at radius 3 is 2.03 bits per heavy atom. The van der Waals surface area contributed by atoms with Gasteiger partial charge in [-0.2, -0.15) is 5.26 Å². The third-order valence-electron chi connectivity index (χ3n) is 6.26. The molecule has 0 unspecified atom stereocenters. The van der Waals surface area contributed by atoms with E-state index in [1.165, 1.54) is 21.9 Å². The summed E-state index contributed by atoms with van der Waals surface area (Å²) in [5.41, 5.74) is 8.45. The van der Waals surface area contributed by atoms with Crippen molar-refractivity contribution >= 4 is 21.8 Å². The van der Waals surface area contributed by atoms with Gasteiger partial charge < -0.3 is 4.57 Å². The van der Waals surface area contributed by atoms with Gasteiger partial charge in [0, 0.05) is 21.9 Å². The lowest BCUT2D eigenvalue weighted by atomic mass is 9.98. The zero-order valence-corrected chi connectivity index (χ0v) is 17.9. The maximum atomic E-state index is 9.73. The maximum Gasteiger partial charge on any atom is 0.0998 e. The lowest BCUT2D eigenvalue weighted by Crippen LogP contribution is -1.98. The summed E-state index contributed by atoms with van der Waals surface area (Å²) in [6, 6.07) is 44.2. The second-order valence-electron chi connectivity index (χ2n) is 8.13. The smallest absolute Gasteiger partial charge is 0.0998 e. The van der Waals surface area contributed by atoms with Gasteiger partial charge in [0.1, 0.15) is 0 Å². The lowest BCUT2D eigenvalue weighted by molar-refractivity contribution is 1.18. The number of hydrogen-bond donors (Lipinski definition) is 0. The molecule has 1 aromatic heterocycles. The van der Waals surface area contributed by atoms with Crippen LogP contribution < -0.4 is 0 Å². The summed E-state index contributed by atoms with van der Waals surface area (Å²) in [5, 5.41) is 12.2. The molecule has 0 amide bonds. The Morgan fingerprint density at radius 2 is 1.18 bits per heavy atom. The van der Waals surface area contributed by atoms with Gasteiger partial charge in [0.2, 0.25) is 0 Å². The van der Waals surface area contributed by atoms with Crippen LogP contribution in [0.2, 0.25) is 0 Å². The second-order valence-corrected chi connectivity index (χ2v) is 8.13. The number of para-hydroxylation sites is 2. The number of fused-ring (bicyclic) bond motifs is 3. The van der Waals surface area contributed by atoms with Gasteiger partial charge >= 0.3 is 0 Å². The average molecular weight is 421 g/mol. The molecule has 0 saturated carbocycles. The van der Waals surface area contributed by atoms with E-state index in [0.29, 0.717) is 5.56 Å². The van der Waals surface area contributed by atoms with E-state index in [9.17, 15) is 5.26 Å². The maximum absolute atomic E-state index is 9.73. The van der Waals surface area contributed by atoms with Crippen LogP contribution >= 0.6 is 0 Å². The molecule has 154 valence electrons.